The van der Waals surface area contributed by atoms with Crippen molar-refractivity contribution in [1.29, 1.82) is 0 Å². The van der Waals surface area contributed by atoms with E-state index in [2.05, 4.69) is 10.2 Å². The molecular formula is C30H41F6N5O10S. The number of anilines is 1. The van der Waals surface area contributed by atoms with Gasteiger partial charge >= 0.3 is 30.3 Å². The van der Waals surface area contributed by atoms with Crippen molar-refractivity contribution in [1.82, 2.24) is 14.1 Å². The van der Waals surface area contributed by atoms with Crippen LogP contribution in [0.15, 0.2) is 24.3 Å². The second kappa shape index (κ2) is 18.6. The third-order valence-corrected chi connectivity index (χ3v) is 10.7. The number of aromatic carboxylic acids is 1. The van der Waals surface area contributed by atoms with Crippen LogP contribution in [0.25, 0.3) is 0 Å². The number of aliphatic carboxylic acids is 2. The van der Waals surface area contributed by atoms with Gasteiger partial charge < -0.3 is 31.3 Å². The number of carboxylic acids is 3. The summed E-state index contributed by atoms with van der Waals surface area (Å²) in [5.74, 6) is -6.49. The van der Waals surface area contributed by atoms with Crippen LogP contribution in [0.2, 0.25) is 0 Å². The van der Waals surface area contributed by atoms with Crippen molar-refractivity contribution in [2.24, 2.45) is 17.6 Å². The number of piperazine rings is 1. The number of halogens is 6. The van der Waals surface area contributed by atoms with Crippen molar-refractivity contribution in [2.45, 2.75) is 63.5 Å². The smallest absolute Gasteiger partial charge is 0.478 e. The molecule has 0 aromatic heterocycles. The molecule has 0 unspecified atom stereocenters. The van der Waals surface area contributed by atoms with Gasteiger partial charge in [-0.3, -0.25) is 14.5 Å². The highest BCUT2D eigenvalue weighted by Crippen LogP contribution is 2.33. The van der Waals surface area contributed by atoms with Crippen molar-refractivity contribution in [2.75, 3.05) is 50.3 Å². The Morgan fingerprint density at radius 2 is 1.33 bits per heavy atom. The largest absolute Gasteiger partial charge is 0.490 e. The molecule has 1 aromatic carbocycles. The molecule has 2 heterocycles. The van der Waals surface area contributed by atoms with Gasteiger partial charge in [-0.2, -0.15) is 30.6 Å². The molecule has 0 radical (unpaired) electrons. The molecule has 1 aromatic rings. The Hall–Kier alpha value is -4.02. The van der Waals surface area contributed by atoms with Crippen LogP contribution in [0.1, 0.15) is 49.4 Å². The molecule has 294 valence electrons. The van der Waals surface area contributed by atoms with E-state index in [4.69, 9.17) is 30.6 Å². The van der Waals surface area contributed by atoms with Gasteiger partial charge in [-0.1, -0.05) is 0 Å². The van der Waals surface area contributed by atoms with Gasteiger partial charge in [0.25, 0.3) is 0 Å². The molecule has 3 aliphatic rings. The van der Waals surface area contributed by atoms with Gasteiger partial charge in [-0.05, 0) is 75.8 Å². The number of nitrogens with two attached hydrogens (primary N) is 1. The molecule has 0 bridgehead atoms. The van der Waals surface area contributed by atoms with Gasteiger partial charge in [0, 0.05) is 50.4 Å². The molecule has 1 aliphatic carbocycles. The summed E-state index contributed by atoms with van der Waals surface area (Å²) in [5, 5.41) is 26.2. The minimum absolute atomic E-state index is 0.00320. The summed E-state index contributed by atoms with van der Waals surface area (Å²) < 4.78 is 89.5. The zero-order valence-corrected chi connectivity index (χ0v) is 28.7. The Labute approximate surface area is 294 Å². The number of nitrogens with one attached hydrogen (secondary N) is 1. The number of nitrogens with zero attached hydrogens (tertiary/aromatic N) is 3. The maximum Gasteiger partial charge on any atom is 0.490 e. The molecule has 15 nitrogen and oxygen atoms in total. The van der Waals surface area contributed by atoms with E-state index in [1.165, 1.54) is 16.4 Å². The van der Waals surface area contributed by atoms with Crippen LogP contribution in [0.5, 0.6) is 0 Å². The standard InChI is InChI=1S/C26H39N5O6S.2C2HF3O2/c1-2-38(36,37)30-13-11-29(12-14-30)22-15-23(24(32)28-21-9-7-20(8-10-21)26(34)35)31(17-22)25(33)19-5-3-18(16-27)4-6-19;2*3-2(4,5)1(6)7/h7-10,18-19,22-23H,2-6,11-17,27H2,1H3,(H,28,32)(H,34,35);2*(H,6,7)/t18-,19-,22-,23-;;/m0../s1. The van der Waals surface area contributed by atoms with Gasteiger partial charge in [-0.25, -0.2) is 22.8 Å². The summed E-state index contributed by atoms with van der Waals surface area (Å²) in [6.45, 7) is 4.59. The van der Waals surface area contributed by atoms with Crippen molar-refractivity contribution in [3.8, 4) is 0 Å². The van der Waals surface area contributed by atoms with Crippen LogP contribution in [-0.4, -0.2) is 137 Å². The zero-order chi connectivity index (χ0) is 39.6. The fourth-order valence-electron chi connectivity index (χ4n) is 5.90. The Balaban J connectivity index is 0.000000564. The first kappa shape index (κ1) is 44.1. The lowest BCUT2D eigenvalue weighted by Gasteiger charge is -2.37. The second-order valence-electron chi connectivity index (χ2n) is 12.2. The Morgan fingerprint density at radius 3 is 1.73 bits per heavy atom. The van der Waals surface area contributed by atoms with E-state index < -0.39 is 46.3 Å². The monoisotopic (exact) mass is 777 g/mol. The van der Waals surface area contributed by atoms with Gasteiger partial charge in [-0.15, -0.1) is 0 Å². The van der Waals surface area contributed by atoms with E-state index in [1.54, 1.807) is 24.0 Å². The fraction of sp³-hybridized carbons (Fsp3) is 0.633. The number of rotatable bonds is 8. The fourth-order valence-corrected chi connectivity index (χ4v) is 6.99. The van der Waals surface area contributed by atoms with E-state index in [9.17, 15) is 49.1 Å². The van der Waals surface area contributed by atoms with Crippen molar-refractivity contribution < 1.29 is 74.1 Å². The Bertz CT molecular complexity index is 1490. The van der Waals surface area contributed by atoms with Gasteiger partial charge in [0.1, 0.15) is 6.04 Å². The number of sulfonamides is 1. The predicted molar refractivity (Wildman–Crippen MR) is 170 cm³/mol. The quantitative estimate of drug-likeness (QED) is 0.240. The van der Waals surface area contributed by atoms with Crippen molar-refractivity contribution >= 4 is 45.4 Å². The maximum atomic E-state index is 13.7. The molecule has 3 fully saturated rings. The third-order valence-electron chi connectivity index (χ3n) is 8.83. The molecule has 52 heavy (non-hydrogen) atoms. The average molecular weight is 778 g/mol. The lowest BCUT2D eigenvalue weighted by molar-refractivity contribution is -0.193. The number of amides is 2. The zero-order valence-electron chi connectivity index (χ0n) is 27.9. The first-order chi connectivity index (χ1) is 24.0. The molecule has 1 saturated carbocycles. The van der Waals surface area contributed by atoms with Gasteiger partial charge in [0.05, 0.1) is 11.3 Å². The van der Waals surface area contributed by atoms with Gasteiger partial charge in [0.2, 0.25) is 21.8 Å². The van der Waals surface area contributed by atoms with E-state index in [-0.39, 0.29) is 35.1 Å². The number of hydrogen-bond donors (Lipinski definition) is 5. The molecule has 2 saturated heterocycles. The van der Waals surface area contributed by atoms with Crippen LogP contribution >= 0.6 is 0 Å². The number of carboxylic acid groups (broad SMARTS) is 3. The van der Waals surface area contributed by atoms with Crippen LogP contribution in [0.4, 0.5) is 32.0 Å². The third kappa shape index (κ3) is 12.9. The lowest BCUT2D eigenvalue weighted by atomic mass is 9.81. The number of alkyl halides is 6. The molecule has 2 atom stereocenters. The molecule has 4 rings (SSSR count). The topological polar surface area (TPSA) is 228 Å². The average Bonchev–Trinajstić information content (AvgIpc) is 3.54. The number of hydrogen-bond acceptors (Lipinski definition) is 9. The number of carbonyl (C=O) groups is 5. The summed E-state index contributed by atoms with van der Waals surface area (Å²) in [6.07, 6.45) is -6.36. The van der Waals surface area contributed by atoms with E-state index in [0.29, 0.717) is 57.3 Å². The number of likely N-dealkylation sites (tertiary alicyclic amines) is 1. The SMILES string of the molecule is CCS(=O)(=O)N1CCN([C@H]2C[C@@H](C(=O)Nc3ccc(C(=O)O)cc3)N(C(=O)[C@H]3CC[C@H](CN)CC3)C2)CC1.O=C(O)C(F)(F)F.O=C(O)C(F)(F)F. The Morgan fingerprint density at radius 1 is 0.846 bits per heavy atom. The van der Waals surface area contributed by atoms with Crippen molar-refractivity contribution in [3.05, 3.63) is 29.8 Å². The molecule has 2 aliphatic heterocycles. The van der Waals surface area contributed by atoms with Crippen LogP contribution < -0.4 is 11.1 Å². The maximum absolute atomic E-state index is 13.7. The predicted octanol–water partition coefficient (Wildman–Crippen LogP) is 2.29. The number of carbonyl (C=O) groups excluding carboxylic acids is 2. The summed E-state index contributed by atoms with van der Waals surface area (Å²) in [6, 6.07) is 5.24. The van der Waals surface area contributed by atoms with Crippen LogP contribution in [0, 0.1) is 11.8 Å². The first-order valence-corrected chi connectivity index (χ1v) is 17.6. The summed E-state index contributed by atoms with van der Waals surface area (Å²) in [5.41, 5.74) is 6.42. The van der Waals surface area contributed by atoms with Crippen LogP contribution in [0.3, 0.4) is 0 Å². The lowest BCUT2D eigenvalue weighted by Crippen LogP contribution is -2.53. The molecule has 22 heteroatoms. The van der Waals surface area contributed by atoms with Crippen molar-refractivity contribution in [3.63, 3.8) is 0 Å². The highest BCUT2D eigenvalue weighted by atomic mass is 32.2. The molecule has 2 amide bonds. The van der Waals surface area contributed by atoms with Crippen LogP contribution in [-0.2, 0) is 29.2 Å². The van der Waals surface area contributed by atoms with E-state index in [1.807, 2.05) is 0 Å². The first-order valence-electron chi connectivity index (χ1n) is 16.0. The molecule has 0 spiro atoms. The minimum atomic E-state index is -5.08. The van der Waals surface area contributed by atoms with Gasteiger partial charge in [0.15, 0.2) is 0 Å². The minimum Gasteiger partial charge on any atom is -0.478 e. The summed E-state index contributed by atoms with van der Waals surface area (Å²) in [4.78, 5) is 60.0. The highest BCUT2D eigenvalue weighted by molar-refractivity contribution is 7.89. The van der Waals surface area contributed by atoms with E-state index >= 15 is 0 Å². The summed E-state index contributed by atoms with van der Waals surface area (Å²) in [7, 11) is -3.25. The highest BCUT2D eigenvalue weighted by Gasteiger charge is 2.45. The molecular weight excluding hydrogens is 736 g/mol. The Kier molecular flexibility index (Phi) is 15.8. The van der Waals surface area contributed by atoms with E-state index in [0.717, 1.165) is 25.7 Å². The second-order valence-corrected chi connectivity index (χ2v) is 14.4. The molecule has 6 N–H and O–H groups in total. The number of benzene rings is 1. The normalized spacial score (nSPS) is 23.0. The summed E-state index contributed by atoms with van der Waals surface area (Å²) >= 11 is 0.